The van der Waals surface area contributed by atoms with E-state index in [2.05, 4.69) is 15.9 Å². The van der Waals surface area contributed by atoms with Crippen LogP contribution in [0.5, 0.6) is 0 Å². The molecule has 2 nitrogen and oxygen atoms in total. The zero-order valence-corrected chi connectivity index (χ0v) is 11.6. The van der Waals surface area contributed by atoms with Gasteiger partial charge in [-0.2, -0.15) is 0 Å². The largest absolute Gasteiger partial charge is 0.386 e. The van der Waals surface area contributed by atoms with Crippen molar-refractivity contribution in [3.63, 3.8) is 0 Å². The van der Waals surface area contributed by atoms with E-state index in [1.807, 2.05) is 6.92 Å². The summed E-state index contributed by atoms with van der Waals surface area (Å²) >= 11 is 8.93. The Hall–Kier alpha value is -0.160. The van der Waals surface area contributed by atoms with Gasteiger partial charge in [0, 0.05) is 10.0 Å². The van der Waals surface area contributed by atoms with Crippen molar-refractivity contribution >= 4 is 27.5 Å². The van der Waals surface area contributed by atoms with Crippen molar-refractivity contribution in [1.82, 2.24) is 0 Å². The molecule has 1 aromatic carbocycles. The summed E-state index contributed by atoms with van der Waals surface area (Å²) in [5.74, 6) is -0.586. The third kappa shape index (κ3) is 2.65. The topological polar surface area (TPSA) is 29.5 Å². The number of benzene rings is 1. The van der Waals surface area contributed by atoms with Crippen molar-refractivity contribution in [3.05, 3.63) is 33.0 Å². The molecule has 0 saturated carbocycles. The van der Waals surface area contributed by atoms with Crippen LogP contribution in [-0.4, -0.2) is 17.3 Å². The van der Waals surface area contributed by atoms with Crippen molar-refractivity contribution in [2.24, 2.45) is 0 Å². The van der Waals surface area contributed by atoms with Crippen LogP contribution in [0.15, 0.2) is 16.6 Å². The Balaban J connectivity index is 2.25. The molecule has 1 aliphatic heterocycles. The van der Waals surface area contributed by atoms with Crippen LogP contribution in [0.1, 0.15) is 31.4 Å². The Morgan fingerprint density at radius 2 is 2.24 bits per heavy atom. The summed E-state index contributed by atoms with van der Waals surface area (Å²) in [5.41, 5.74) is 0.192. The molecule has 0 aromatic heterocycles. The van der Waals surface area contributed by atoms with Crippen LogP contribution < -0.4 is 0 Å². The minimum absolute atomic E-state index is 0.00686. The Bertz CT molecular complexity index is 427. The lowest BCUT2D eigenvalue weighted by atomic mass is 10.0. The Morgan fingerprint density at radius 1 is 1.53 bits per heavy atom. The van der Waals surface area contributed by atoms with Crippen LogP contribution in [0.2, 0.25) is 5.02 Å². The second-order valence-corrected chi connectivity index (χ2v) is 5.50. The number of aliphatic hydroxyl groups is 1. The lowest BCUT2D eigenvalue weighted by Gasteiger charge is -2.19. The summed E-state index contributed by atoms with van der Waals surface area (Å²) in [6, 6.07) is 3.16. The third-order valence-corrected chi connectivity index (χ3v) is 4.26. The molecule has 3 atom stereocenters. The van der Waals surface area contributed by atoms with E-state index in [1.165, 1.54) is 6.07 Å². The maximum atomic E-state index is 13.9. The number of ether oxygens (including phenoxy) is 1. The molecule has 0 bridgehead atoms. The summed E-state index contributed by atoms with van der Waals surface area (Å²) in [6.45, 7) is 1.94. The van der Waals surface area contributed by atoms with Crippen LogP contribution in [0, 0.1) is 5.82 Å². The maximum Gasteiger partial charge on any atom is 0.148 e. The normalized spacial score (nSPS) is 26.2. The van der Waals surface area contributed by atoms with Crippen molar-refractivity contribution in [2.45, 2.75) is 38.1 Å². The zero-order valence-electron chi connectivity index (χ0n) is 9.29. The average Bonchev–Trinajstić information content (AvgIpc) is 2.72. The molecule has 0 aliphatic carbocycles. The molecule has 2 rings (SSSR count). The molecular formula is C12H13BrClFO2. The highest BCUT2D eigenvalue weighted by atomic mass is 79.9. The van der Waals surface area contributed by atoms with E-state index in [9.17, 15) is 9.50 Å². The van der Waals surface area contributed by atoms with Gasteiger partial charge in [-0.15, -0.1) is 0 Å². The van der Waals surface area contributed by atoms with Gasteiger partial charge in [0.15, 0.2) is 0 Å². The first kappa shape index (κ1) is 13.3. The van der Waals surface area contributed by atoms with Gasteiger partial charge in [-0.05, 0) is 41.8 Å². The predicted octanol–water partition coefficient (Wildman–Crippen LogP) is 3.84. The molecule has 5 heteroatoms. The SMILES string of the molecule is CC1CCC(C(O)c2ccc(Br)c(Cl)c2F)O1. The Kier molecular flexibility index (Phi) is 4.08. The standard InChI is InChI=1S/C12H13BrClFO2/c1-6-2-5-9(17-6)12(16)7-3-4-8(13)10(14)11(7)15/h3-4,6,9,12,16H,2,5H2,1H3. The quantitative estimate of drug-likeness (QED) is 0.838. The number of rotatable bonds is 2. The first-order chi connectivity index (χ1) is 8.00. The summed E-state index contributed by atoms with van der Waals surface area (Å²) in [6.07, 6.45) is 0.411. The minimum Gasteiger partial charge on any atom is -0.386 e. The number of hydrogen-bond donors (Lipinski definition) is 1. The van der Waals surface area contributed by atoms with E-state index >= 15 is 0 Å². The lowest BCUT2D eigenvalue weighted by Crippen LogP contribution is -2.19. The number of hydrogen-bond acceptors (Lipinski definition) is 2. The van der Waals surface area contributed by atoms with Gasteiger partial charge in [0.1, 0.15) is 11.9 Å². The molecule has 1 aliphatic rings. The monoisotopic (exact) mass is 322 g/mol. The van der Waals surface area contributed by atoms with Gasteiger partial charge >= 0.3 is 0 Å². The van der Waals surface area contributed by atoms with E-state index < -0.39 is 11.9 Å². The van der Waals surface area contributed by atoms with Crippen molar-refractivity contribution in [1.29, 1.82) is 0 Å². The van der Waals surface area contributed by atoms with Gasteiger partial charge in [0.2, 0.25) is 0 Å². The molecule has 0 spiro atoms. The second-order valence-electron chi connectivity index (χ2n) is 4.27. The lowest BCUT2D eigenvalue weighted by molar-refractivity contribution is -0.0310. The van der Waals surface area contributed by atoms with Crippen molar-refractivity contribution in [3.8, 4) is 0 Å². The van der Waals surface area contributed by atoms with Crippen LogP contribution in [0.4, 0.5) is 4.39 Å². The minimum atomic E-state index is -0.967. The molecule has 1 aromatic rings. The highest BCUT2D eigenvalue weighted by molar-refractivity contribution is 9.10. The molecule has 3 unspecified atom stereocenters. The summed E-state index contributed by atoms with van der Waals surface area (Å²) in [5, 5.41) is 10.1. The molecule has 1 saturated heterocycles. The third-order valence-electron chi connectivity index (χ3n) is 3.00. The fourth-order valence-electron chi connectivity index (χ4n) is 2.04. The van der Waals surface area contributed by atoms with E-state index in [-0.39, 0.29) is 22.8 Å². The predicted molar refractivity (Wildman–Crippen MR) is 67.6 cm³/mol. The van der Waals surface area contributed by atoms with Gasteiger partial charge in [-0.25, -0.2) is 4.39 Å². The van der Waals surface area contributed by atoms with E-state index in [0.717, 1.165) is 12.8 Å². The van der Waals surface area contributed by atoms with Gasteiger partial charge < -0.3 is 9.84 Å². The highest BCUT2D eigenvalue weighted by Gasteiger charge is 2.31. The number of halogens is 3. The first-order valence-electron chi connectivity index (χ1n) is 5.47. The fraction of sp³-hybridized carbons (Fsp3) is 0.500. The Morgan fingerprint density at radius 3 is 2.82 bits per heavy atom. The second kappa shape index (κ2) is 5.22. The molecule has 0 radical (unpaired) electrons. The Labute approximate surface area is 113 Å². The molecule has 1 N–H and O–H groups in total. The van der Waals surface area contributed by atoms with Gasteiger partial charge in [0.05, 0.1) is 17.2 Å². The molecule has 1 fully saturated rings. The van der Waals surface area contributed by atoms with E-state index in [1.54, 1.807) is 6.07 Å². The van der Waals surface area contributed by atoms with Crippen molar-refractivity contribution in [2.75, 3.05) is 0 Å². The van der Waals surface area contributed by atoms with Crippen LogP contribution in [-0.2, 0) is 4.74 Å². The molecule has 0 amide bonds. The average molecular weight is 324 g/mol. The first-order valence-corrected chi connectivity index (χ1v) is 6.64. The van der Waals surface area contributed by atoms with Crippen LogP contribution >= 0.6 is 27.5 Å². The molecule has 1 heterocycles. The van der Waals surface area contributed by atoms with Gasteiger partial charge in [-0.1, -0.05) is 17.7 Å². The maximum absolute atomic E-state index is 13.9. The zero-order chi connectivity index (χ0) is 12.6. The molecule has 94 valence electrons. The highest BCUT2D eigenvalue weighted by Crippen LogP contribution is 2.35. The van der Waals surface area contributed by atoms with Crippen LogP contribution in [0.3, 0.4) is 0 Å². The number of aliphatic hydroxyl groups excluding tert-OH is 1. The fourth-order valence-corrected chi connectivity index (χ4v) is 2.51. The van der Waals surface area contributed by atoms with Gasteiger partial charge in [-0.3, -0.25) is 0 Å². The summed E-state index contributed by atoms with van der Waals surface area (Å²) in [4.78, 5) is 0. The molecule has 17 heavy (non-hydrogen) atoms. The van der Waals surface area contributed by atoms with Gasteiger partial charge in [0.25, 0.3) is 0 Å². The van der Waals surface area contributed by atoms with E-state index in [0.29, 0.717) is 4.47 Å². The molecular weight excluding hydrogens is 310 g/mol. The summed E-state index contributed by atoms with van der Waals surface area (Å²) in [7, 11) is 0. The van der Waals surface area contributed by atoms with Crippen LogP contribution in [0.25, 0.3) is 0 Å². The summed E-state index contributed by atoms with van der Waals surface area (Å²) < 4.78 is 19.9. The van der Waals surface area contributed by atoms with E-state index in [4.69, 9.17) is 16.3 Å². The van der Waals surface area contributed by atoms with Crippen molar-refractivity contribution < 1.29 is 14.2 Å². The smallest absolute Gasteiger partial charge is 0.148 e.